The van der Waals surface area contributed by atoms with Crippen molar-refractivity contribution in [2.75, 3.05) is 33.7 Å². The number of amides is 1. The van der Waals surface area contributed by atoms with Gasteiger partial charge in [0.1, 0.15) is 5.01 Å². The Hall–Kier alpha value is -0.940. The normalized spacial score (nSPS) is 16.2. The largest absolute Gasteiger partial charge is 0.358 e. The van der Waals surface area contributed by atoms with E-state index in [1.165, 1.54) is 4.88 Å². The summed E-state index contributed by atoms with van der Waals surface area (Å²) in [5.41, 5.74) is 0. The number of guanidine groups is 1. The van der Waals surface area contributed by atoms with Crippen LogP contribution in [0, 0.1) is 0 Å². The first-order valence-electron chi connectivity index (χ1n) is 8.48. The fraction of sp³-hybridized carbons (Fsp3) is 0.688. The van der Waals surface area contributed by atoms with Crippen molar-refractivity contribution in [3.63, 3.8) is 0 Å². The van der Waals surface area contributed by atoms with Gasteiger partial charge < -0.3 is 16.0 Å². The van der Waals surface area contributed by atoms with Gasteiger partial charge >= 0.3 is 0 Å². The maximum absolute atomic E-state index is 11.4. The molecule has 0 radical (unpaired) electrons. The van der Waals surface area contributed by atoms with Gasteiger partial charge in [0.25, 0.3) is 0 Å². The number of hydrogen-bond donors (Lipinski definition) is 3. The lowest BCUT2D eigenvalue weighted by molar-refractivity contribution is -0.122. The molecule has 0 spiro atoms. The number of halogens is 1. The third kappa shape index (κ3) is 7.45. The van der Waals surface area contributed by atoms with Gasteiger partial charge in [-0.3, -0.25) is 14.7 Å². The molecule has 1 saturated heterocycles. The van der Waals surface area contributed by atoms with Crippen molar-refractivity contribution < 1.29 is 4.79 Å². The minimum atomic E-state index is 0. The molecule has 0 saturated carbocycles. The van der Waals surface area contributed by atoms with Gasteiger partial charge in [-0.05, 0) is 19.3 Å². The average Bonchev–Trinajstić information content (AvgIpc) is 3.08. The van der Waals surface area contributed by atoms with E-state index in [0.29, 0.717) is 19.1 Å². The van der Waals surface area contributed by atoms with E-state index >= 15 is 0 Å². The molecule has 0 unspecified atom stereocenters. The molecule has 1 amide bonds. The Morgan fingerprint density at radius 3 is 2.72 bits per heavy atom. The van der Waals surface area contributed by atoms with Crippen LogP contribution in [0.2, 0.25) is 0 Å². The highest BCUT2D eigenvalue weighted by atomic mass is 127. The van der Waals surface area contributed by atoms with Gasteiger partial charge in [0.15, 0.2) is 5.96 Å². The third-order valence-electron chi connectivity index (χ3n) is 4.16. The Bertz CT molecular complexity index is 557. The van der Waals surface area contributed by atoms with Gasteiger partial charge in [-0.2, -0.15) is 0 Å². The number of likely N-dealkylation sites (tertiary alicyclic amines) is 1. The number of nitrogens with one attached hydrogen (secondary N) is 3. The van der Waals surface area contributed by atoms with E-state index in [-0.39, 0.29) is 29.9 Å². The second-order valence-corrected chi connectivity index (χ2v) is 7.07. The topological polar surface area (TPSA) is 81.7 Å². The van der Waals surface area contributed by atoms with Crippen LogP contribution in [0.5, 0.6) is 0 Å². The number of nitrogens with zero attached hydrogens (tertiary/aromatic N) is 3. The fourth-order valence-corrected chi connectivity index (χ4v) is 3.46. The van der Waals surface area contributed by atoms with Crippen LogP contribution in [0.4, 0.5) is 0 Å². The summed E-state index contributed by atoms with van der Waals surface area (Å²) in [6, 6.07) is 0.389. The minimum Gasteiger partial charge on any atom is -0.358 e. The molecule has 2 rings (SSSR count). The zero-order chi connectivity index (χ0) is 17.4. The van der Waals surface area contributed by atoms with Crippen molar-refractivity contribution >= 4 is 47.2 Å². The number of piperidine rings is 1. The summed E-state index contributed by atoms with van der Waals surface area (Å²) in [6.07, 6.45) is 4.99. The molecular formula is C16H29IN6OS. The molecule has 2 heterocycles. The summed E-state index contributed by atoms with van der Waals surface area (Å²) in [7, 11) is 3.47. The summed E-state index contributed by atoms with van der Waals surface area (Å²) in [5, 5.41) is 10.6. The van der Waals surface area contributed by atoms with Crippen LogP contribution < -0.4 is 16.0 Å². The van der Waals surface area contributed by atoms with Crippen LogP contribution in [0.1, 0.15) is 29.7 Å². The molecule has 142 valence electrons. The smallest absolute Gasteiger partial charge is 0.233 e. The molecule has 0 aliphatic carbocycles. The lowest BCUT2D eigenvalue weighted by atomic mass is 10.1. The third-order valence-corrected chi connectivity index (χ3v) is 5.30. The van der Waals surface area contributed by atoms with Gasteiger partial charge in [0.05, 0.1) is 13.1 Å². The first-order chi connectivity index (χ1) is 11.6. The first kappa shape index (κ1) is 22.1. The van der Waals surface area contributed by atoms with Crippen LogP contribution in [-0.4, -0.2) is 61.5 Å². The number of thiazole rings is 1. The summed E-state index contributed by atoms with van der Waals surface area (Å²) in [6.45, 7) is 5.17. The van der Waals surface area contributed by atoms with Gasteiger partial charge in [-0.15, -0.1) is 35.3 Å². The number of aryl methyl sites for hydroxylation is 1. The van der Waals surface area contributed by atoms with Crippen molar-refractivity contribution in [1.29, 1.82) is 0 Å². The van der Waals surface area contributed by atoms with E-state index < -0.39 is 0 Å². The molecule has 1 aromatic heterocycles. The number of aliphatic imine (C=N–C) groups is 1. The molecule has 25 heavy (non-hydrogen) atoms. The summed E-state index contributed by atoms with van der Waals surface area (Å²) in [5.74, 6) is 0.891. The number of hydrogen-bond acceptors (Lipinski definition) is 5. The Balaban J connectivity index is 0.00000312. The first-order valence-corrected chi connectivity index (χ1v) is 9.30. The van der Waals surface area contributed by atoms with Crippen LogP contribution in [0.25, 0.3) is 0 Å². The molecule has 0 aromatic carbocycles. The van der Waals surface area contributed by atoms with Crippen molar-refractivity contribution in [2.45, 2.75) is 38.8 Å². The van der Waals surface area contributed by atoms with E-state index in [1.54, 1.807) is 25.4 Å². The van der Waals surface area contributed by atoms with E-state index in [4.69, 9.17) is 0 Å². The molecule has 7 nitrogen and oxygen atoms in total. The second-order valence-electron chi connectivity index (χ2n) is 5.87. The quantitative estimate of drug-likeness (QED) is 0.324. The van der Waals surface area contributed by atoms with Crippen LogP contribution in [-0.2, 0) is 17.8 Å². The van der Waals surface area contributed by atoms with E-state index in [0.717, 1.165) is 43.3 Å². The summed E-state index contributed by atoms with van der Waals surface area (Å²) in [4.78, 5) is 23.6. The molecule has 0 atom stereocenters. The number of aromatic nitrogens is 1. The highest BCUT2D eigenvalue weighted by Crippen LogP contribution is 2.13. The van der Waals surface area contributed by atoms with Crippen molar-refractivity contribution in [1.82, 2.24) is 25.8 Å². The Morgan fingerprint density at radius 1 is 1.44 bits per heavy atom. The highest BCUT2D eigenvalue weighted by Gasteiger charge is 2.21. The summed E-state index contributed by atoms with van der Waals surface area (Å²) < 4.78 is 0. The molecule has 1 aliphatic heterocycles. The molecule has 3 N–H and O–H groups in total. The van der Waals surface area contributed by atoms with Crippen LogP contribution >= 0.6 is 35.3 Å². The lowest BCUT2D eigenvalue weighted by Crippen LogP contribution is -2.49. The molecule has 9 heteroatoms. The SMILES string of the molecule is CCc1cnc(CNC(=NC)NC2CCN(CC(=O)NC)CC2)s1.I. The number of rotatable bonds is 6. The minimum absolute atomic E-state index is 0. The molecular weight excluding hydrogens is 451 g/mol. The van der Waals surface area contributed by atoms with Gasteiger partial charge in [-0.1, -0.05) is 6.92 Å². The van der Waals surface area contributed by atoms with Crippen LogP contribution in [0.15, 0.2) is 11.2 Å². The predicted molar refractivity (Wildman–Crippen MR) is 114 cm³/mol. The monoisotopic (exact) mass is 480 g/mol. The average molecular weight is 480 g/mol. The zero-order valence-corrected chi connectivity index (χ0v) is 18.3. The number of likely N-dealkylation sites (N-methyl/N-ethyl adjacent to an activating group) is 1. The van der Waals surface area contributed by atoms with Gasteiger partial charge in [0, 0.05) is 44.3 Å². The highest BCUT2D eigenvalue weighted by molar-refractivity contribution is 14.0. The Morgan fingerprint density at radius 2 is 2.16 bits per heavy atom. The fourth-order valence-electron chi connectivity index (χ4n) is 2.66. The van der Waals surface area contributed by atoms with Gasteiger partial charge in [-0.25, -0.2) is 4.98 Å². The Kier molecular flexibility index (Phi) is 10.3. The lowest BCUT2D eigenvalue weighted by Gasteiger charge is -2.32. The summed E-state index contributed by atoms with van der Waals surface area (Å²) >= 11 is 1.74. The van der Waals surface area contributed by atoms with Crippen molar-refractivity contribution in [3.8, 4) is 0 Å². The molecule has 1 fully saturated rings. The Labute approximate surface area is 171 Å². The molecule has 1 aliphatic rings. The maximum atomic E-state index is 11.4. The van der Waals surface area contributed by atoms with E-state index in [1.807, 2.05) is 6.20 Å². The van der Waals surface area contributed by atoms with Crippen LogP contribution in [0.3, 0.4) is 0 Å². The second kappa shape index (κ2) is 11.6. The number of carbonyl (C=O) groups is 1. The number of carbonyl (C=O) groups excluding carboxylic acids is 1. The van der Waals surface area contributed by atoms with Gasteiger partial charge in [0.2, 0.25) is 5.91 Å². The molecule has 0 bridgehead atoms. The van der Waals surface area contributed by atoms with E-state index in [2.05, 4.69) is 37.8 Å². The maximum Gasteiger partial charge on any atom is 0.233 e. The standard InChI is InChI=1S/C16H28N6OS.HI/c1-4-13-9-19-15(24-13)10-20-16(18-3)21-12-5-7-22(8-6-12)11-14(23)17-2;/h9,12H,4-8,10-11H2,1-3H3,(H,17,23)(H2,18,20,21);1H. The van der Waals surface area contributed by atoms with E-state index in [9.17, 15) is 4.79 Å². The van der Waals surface area contributed by atoms with Crippen molar-refractivity contribution in [3.05, 3.63) is 16.1 Å². The zero-order valence-electron chi connectivity index (χ0n) is 15.2. The molecule has 1 aromatic rings. The van der Waals surface area contributed by atoms with Crippen molar-refractivity contribution in [2.24, 2.45) is 4.99 Å². The predicted octanol–water partition coefficient (Wildman–Crippen LogP) is 1.20.